The van der Waals surface area contributed by atoms with Crippen molar-refractivity contribution in [1.29, 1.82) is 0 Å². The number of ether oxygens (including phenoxy) is 1. The van der Waals surface area contributed by atoms with E-state index >= 15 is 0 Å². The third kappa shape index (κ3) is 3.72. The van der Waals surface area contributed by atoms with E-state index in [0.29, 0.717) is 23.3 Å². The predicted octanol–water partition coefficient (Wildman–Crippen LogP) is 2.94. The minimum absolute atomic E-state index is 0.329. The fourth-order valence-electron chi connectivity index (χ4n) is 2.58. The Morgan fingerprint density at radius 3 is 2.77 bits per heavy atom. The smallest absolute Gasteiger partial charge is 0.338 e. The first-order chi connectivity index (χ1) is 12.5. The van der Waals surface area contributed by atoms with Gasteiger partial charge in [-0.25, -0.2) is 9.48 Å². The van der Waals surface area contributed by atoms with Gasteiger partial charge in [-0.3, -0.25) is 4.79 Å². The molecular formula is C19H20N4O3. The third-order valence-corrected chi connectivity index (χ3v) is 3.99. The average molecular weight is 352 g/mol. The molecule has 3 rings (SSSR count). The summed E-state index contributed by atoms with van der Waals surface area (Å²) in [5, 5.41) is 10.8. The van der Waals surface area contributed by atoms with Crippen molar-refractivity contribution in [3.8, 4) is 0 Å². The number of carbonyl (C=O) groups is 2. The maximum Gasteiger partial charge on any atom is 0.338 e. The van der Waals surface area contributed by atoms with Crippen LogP contribution < -0.4 is 5.32 Å². The van der Waals surface area contributed by atoms with E-state index in [1.165, 1.54) is 6.92 Å². The van der Waals surface area contributed by atoms with Crippen molar-refractivity contribution in [2.24, 2.45) is 0 Å². The summed E-state index contributed by atoms with van der Waals surface area (Å²) in [6.07, 6.45) is -0.926. The molecule has 1 heterocycles. The lowest BCUT2D eigenvalue weighted by Gasteiger charge is -2.14. The van der Waals surface area contributed by atoms with Gasteiger partial charge in [-0.05, 0) is 56.7 Å². The van der Waals surface area contributed by atoms with Gasteiger partial charge in [0.15, 0.2) is 6.10 Å². The summed E-state index contributed by atoms with van der Waals surface area (Å²) in [7, 11) is 0. The number of carbonyl (C=O) groups excluding carboxylic acids is 2. The van der Waals surface area contributed by atoms with Gasteiger partial charge in [-0.1, -0.05) is 17.3 Å². The van der Waals surface area contributed by atoms with Gasteiger partial charge >= 0.3 is 5.97 Å². The lowest BCUT2D eigenvalue weighted by Crippen LogP contribution is -2.30. The number of hydrogen-bond acceptors (Lipinski definition) is 5. The Bertz CT molecular complexity index is 964. The van der Waals surface area contributed by atoms with Gasteiger partial charge in [0.1, 0.15) is 5.52 Å². The van der Waals surface area contributed by atoms with Gasteiger partial charge in [-0.2, -0.15) is 0 Å². The van der Waals surface area contributed by atoms with Crippen LogP contribution in [0.25, 0.3) is 11.0 Å². The molecule has 0 unspecified atom stereocenters. The van der Waals surface area contributed by atoms with Gasteiger partial charge in [-0.15, -0.1) is 5.10 Å². The molecule has 1 N–H and O–H groups in total. The lowest BCUT2D eigenvalue weighted by molar-refractivity contribution is -0.123. The molecule has 0 radical (unpaired) electrons. The fraction of sp³-hybridized carbons (Fsp3) is 0.263. The number of nitrogens with zero attached hydrogens (tertiary/aromatic N) is 3. The van der Waals surface area contributed by atoms with Gasteiger partial charge < -0.3 is 10.1 Å². The van der Waals surface area contributed by atoms with Crippen molar-refractivity contribution in [3.05, 3.63) is 53.6 Å². The molecule has 2 aromatic carbocycles. The number of nitrogens with one attached hydrogen (secondary N) is 1. The molecule has 1 amide bonds. The molecule has 0 saturated heterocycles. The van der Waals surface area contributed by atoms with Crippen molar-refractivity contribution >= 4 is 28.6 Å². The fourth-order valence-corrected chi connectivity index (χ4v) is 2.58. The summed E-state index contributed by atoms with van der Waals surface area (Å²) in [5.74, 6) is -0.966. The van der Waals surface area contributed by atoms with Crippen LogP contribution in [0.4, 0.5) is 5.69 Å². The van der Waals surface area contributed by atoms with Crippen molar-refractivity contribution < 1.29 is 14.3 Å². The number of aryl methyl sites for hydroxylation is 2. The molecule has 1 atom stereocenters. The standard InChI is InChI=1S/C19H20N4O3/c1-4-23-17-9-8-14(11-16(17)21-22-23)19(25)26-13(3)18(24)20-15-7-5-6-12(2)10-15/h5-11,13H,4H2,1-3H3,(H,20,24)/t13-/m0/s1. The van der Waals surface area contributed by atoms with Crippen LogP contribution in [0.3, 0.4) is 0 Å². The highest BCUT2D eigenvalue weighted by Crippen LogP contribution is 2.15. The Morgan fingerprint density at radius 2 is 2.04 bits per heavy atom. The average Bonchev–Trinajstić information content (AvgIpc) is 3.03. The molecule has 1 aromatic heterocycles. The monoisotopic (exact) mass is 352 g/mol. The summed E-state index contributed by atoms with van der Waals surface area (Å²) >= 11 is 0. The number of hydrogen-bond donors (Lipinski definition) is 1. The van der Waals surface area contributed by atoms with Crippen LogP contribution in [0.2, 0.25) is 0 Å². The van der Waals surface area contributed by atoms with Crippen LogP contribution in [0.15, 0.2) is 42.5 Å². The molecule has 7 heteroatoms. The number of amides is 1. The van der Waals surface area contributed by atoms with Crippen LogP contribution >= 0.6 is 0 Å². The summed E-state index contributed by atoms with van der Waals surface area (Å²) in [6, 6.07) is 12.4. The molecule has 26 heavy (non-hydrogen) atoms. The number of aromatic nitrogens is 3. The number of fused-ring (bicyclic) bond motifs is 1. The molecule has 0 fully saturated rings. The van der Waals surface area contributed by atoms with Crippen molar-refractivity contribution in [2.75, 3.05) is 5.32 Å². The summed E-state index contributed by atoms with van der Waals surface area (Å²) in [4.78, 5) is 24.6. The first-order valence-corrected chi connectivity index (χ1v) is 8.39. The van der Waals surface area contributed by atoms with E-state index in [9.17, 15) is 9.59 Å². The molecule has 7 nitrogen and oxygen atoms in total. The largest absolute Gasteiger partial charge is 0.449 e. The van der Waals surface area contributed by atoms with E-state index in [-0.39, 0.29) is 5.91 Å². The van der Waals surface area contributed by atoms with Crippen LogP contribution in [-0.4, -0.2) is 33.0 Å². The van der Waals surface area contributed by atoms with E-state index in [1.54, 1.807) is 28.9 Å². The second-order valence-corrected chi connectivity index (χ2v) is 6.01. The van der Waals surface area contributed by atoms with E-state index in [1.807, 2.05) is 32.0 Å². The molecule has 0 aliphatic heterocycles. The van der Waals surface area contributed by atoms with Gasteiger partial charge in [0, 0.05) is 12.2 Å². The molecule has 3 aromatic rings. The number of esters is 1. The van der Waals surface area contributed by atoms with E-state index in [2.05, 4.69) is 15.6 Å². The van der Waals surface area contributed by atoms with Crippen molar-refractivity contribution in [3.63, 3.8) is 0 Å². The van der Waals surface area contributed by atoms with Gasteiger partial charge in [0.2, 0.25) is 0 Å². The van der Waals surface area contributed by atoms with Gasteiger partial charge in [0.25, 0.3) is 5.91 Å². The van der Waals surface area contributed by atoms with Crippen LogP contribution in [0, 0.1) is 6.92 Å². The molecule has 134 valence electrons. The lowest BCUT2D eigenvalue weighted by atomic mass is 10.2. The second-order valence-electron chi connectivity index (χ2n) is 6.01. The first-order valence-electron chi connectivity index (χ1n) is 8.39. The van der Waals surface area contributed by atoms with Crippen LogP contribution in [-0.2, 0) is 16.1 Å². The van der Waals surface area contributed by atoms with E-state index in [0.717, 1.165) is 11.1 Å². The minimum Gasteiger partial charge on any atom is -0.449 e. The zero-order chi connectivity index (χ0) is 18.7. The highest BCUT2D eigenvalue weighted by molar-refractivity contribution is 5.98. The highest BCUT2D eigenvalue weighted by Gasteiger charge is 2.20. The normalized spacial score (nSPS) is 12.0. The number of benzene rings is 2. The Hall–Kier alpha value is -3.22. The minimum atomic E-state index is -0.926. The van der Waals surface area contributed by atoms with Crippen molar-refractivity contribution in [1.82, 2.24) is 15.0 Å². The Balaban J connectivity index is 1.67. The third-order valence-electron chi connectivity index (χ3n) is 3.99. The Labute approximate surface area is 151 Å². The molecule has 0 spiro atoms. The van der Waals surface area contributed by atoms with Gasteiger partial charge in [0.05, 0.1) is 11.1 Å². The topological polar surface area (TPSA) is 86.1 Å². The van der Waals surface area contributed by atoms with E-state index in [4.69, 9.17) is 4.74 Å². The SMILES string of the molecule is CCn1nnc2cc(C(=O)O[C@@H](C)C(=O)Nc3cccc(C)c3)ccc21. The summed E-state index contributed by atoms with van der Waals surface area (Å²) in [6.45, 7) is 6.13. The zero-order valence-electron chi connectivity index (χ0n) is 14.9. The maximum absolute atomic E-state index is 12.3. The van der Waals surface area contributed by atoms with Crippen LogP contribution in [0.1, 0.15) is 29.8 Å². The molecule has 0 saturated carbocycles. The molecular weight excluding hydrogens is 332 g/mol. The number of rotatable bonds is 5. The van der Waals surface area contributed by atoms with Crippen LogP contribution in [0.5, 0.6) is 0 Å². The summed E-state index contributed by atoms with van der Waals surface area (Å²) in [5.41, 5.74) is 3.47. The second kappa shape index (κ2) is 7.35. The Kier molecular flexibility index (Phi) is 4.97. The van der Waals surface area contributed by atoms with E-state index < -0.39 is 12.1 Å². The predicted molar refractivity (Wildman–Crippen MR) is 97.9 cm³/mol. The summed E-state index contributed by atoms with van der Waals surface area (Å²) < 4.78 is 7.02. The van der Waals surface area contributed by atoms with Crippen molar-refractivity contribution in [2.45, 2.75) is 33.4 Å². The first kappa shape index (κ1) is 17.6. The highest BCUT2D eigenvalue weighted by atomic mass is 16.5. The molecule has 0 aliphatic rings. The number of anilines is 1. The Morgan fingerprint density at radius 1 is 1.23 bits per heavy atom. The maximum atomic E-state index is 12.3. The molecule has 0 aliphatic carbocycles. The quantitative estimate of drug-likeness (QED) is 0.714. The zero-order valence-corrected chi connectivity index (χ0v) is 14.9. The molecule has 0 bridgehead atoms.